The predicted octanol–water partition coefficient (Wildman–Crippen LogP) is 3.90. The molecule has 6 N–H and O–H groups in total. The van der Waals surface area contributed by atoms with E-state index in [1.807, 2.05) is 0 Å². The van der Waals surface area contributed by atoms with Crippen LogP contribution in [0.2, 0.25) is 0 Å². The number of nitrogens with one attached hydrogen (secondary N) is 2. The van der Waals surface area contributed by atoms with E-state index in [-0.39, 0.29) is 45.3 Å². The van der Waals surface area contributed by atoms with Crippen molar-refractivity contribution in [2.75, 3.05) is 79.0 Å². The highest BCUT2D eigenvalue weighted by atomic mass is 16.5. The van der Waals surface area contributed by atoms with Gasteiger partial charge in [0.2, 0.25) is 0 Å². The topological polar surface area (TPSA) is 176 Å². The Hall–Kier alpha value is -4.82. The Morgan fingerprint density at radius 1 is 0.380 bits per heavy atom. The molecule has 0 bridgehead atoms. The van der Waals surface area contributed by atoms with Crippen LogP contribution in [0.25, 0.3) is 0 Å². The summed E-state index contributed by atoms with van der Waals surface area (Å²) >= 11 is 0. The van der Waals surface area contributed by atoms with Crippen molar-refractivity contribution in [2.24, 2.45) is 0 Å². The maximum Gasteiger partial charge on any atom is 0.200 e. The number of carbonyl (C=O) groups is 2. The van der Waals surface area contributed by atoms with E-state index in [0.29, 0.717) is 52.9 Å². The first-order valence-corrected chi connectivity index (χ1v) is 16.3. The molecule has 4 aromatic rings. The molecule has 268 valence electrons. The summed E-state index contributed by atoms with van der Waals surface area (Å²) in [6.07, 6.45) is 0. The van der Waals surface area contributed by atoms with Crippen molar-refractivity contribution < 1.29 is 49.0 Å². The van der Waals surface area contributed by atoms with Gasteiger partial charge in [0.05, 0.1) is 75.1 Å². The summed E-state index contributed by atoms with van der Waals surface area (Å²) in [6.45, 7) is 8.86. The van der Waals surface area contributed by atoms with E-state index in [2.05, 4.69) is 10.6 Å². The van der Waals surface area contributed by atoms with Crippen molar-refractivity contribution in [3.05, 3.63) is 119 Å². The van der Waals surface area contributed by atoms with Crippen molar-refractivity contribution in [3.8, 4) is 23.0 Å². The van der Waals surface area contributed by atoms with Gasteiger partial charge < -0.3 is 50.0 Å². The molecule has 0 saturated carbocycles. The Balaban J connectivity index is 0.000000203. The first-order valence-electron chi connectivity index (χ1n) is 16.3. The number of benzene rings is 4. The highest BCUT2D eigenvalue weighted by Gasteiger charge is 2.16. The molecular weight excluding hydrogens is 644 g/mol. The fourth-order valence-electron chi connectivity index (χ4n) is 4.42. The third-order valence-electron chi connectivity index (χ3n) is 7.03. The van der Waals surface area contributed by atoms with Crippen LogP contribution in [0.15, 0.2) is 97.1 Å². The van der Waals surface area contributed by atoms with E-state index in [1.165, 1.54) is 48.5 Å². The second kappa shape index (κ2) is 23.5. The van der Waals surface area contributed by atoms with Gasteiger partial charge in [0.15, 0.2) is 11.6 Å². The zero-order valence-electron chi connectivity index (χ0n) is 28.0. The molecule has 1 fully saturated rings. The second-order valence-electron chi connectivity index (χ2n) is 10.7. The molecule has 12 nitrogen and oxygen atoms in total. The normalized spacial score (nSPS) is 15.0. The molecule has 0 atom stereocenters. The molecule has 0 amide bonds. The van der Waals surface area contributed by atoms with Crippen LogP contribution in [0.3, 0.4) is 0 Å². The largest absolute Gasteiger partial charge is 0.507 e. The molecule has 1 aliphatic rings. The lowest BCUT2D eigenvalue weighted by atomic mass is 10.0. The van der Waals surface area contributed by atoms with Gasteiger partial charge in [-0.3, -0.25) is 9.59 Å². The van der Waals surface area contributed by atoms with Gasteiger partial charge in [0.25, 0.3) is 0 Å². The van der Waals surface area contributed by atoms with Crippen molar-refractivity contribution in [3.63, 3.8) is 0 Å². The highest BCUT2D eigenvalue weighted by molar-refractivity contribution is 6.12. The zero-order chi connectivity index (χ0) is 35.8. The zero-order valence-corrected chi connectivity index (χ0v) is 28.0. The molecule has 12 heteroatoms. The van der Waals surface area contributed by atoms with Gasteiger partial charge in [-0.1, -0.05) is 48.5 Å². The number of para-hydroxylation sites is 4. The molecule has 1 saturated heterocycles. The summed E-state index contributed by atoms with van der Waals surface area (Å²) in [4.78, 5) is 23.9. The molecule has 4 aromatic carbocycles. The molecular formula is C38H46N2O10. The van der Waals surface area contributed by atoms with Crippen LogP contribution in [-0.2, 0) is 18.9 Å². The van der Waals surface area contributed by atoms with Crippen molar-refractivity contribution in [2.45, 2.75) is 0 Å². The Bertz CT molecular complexity index is 1310. The Morgan fingerprint density at radius 3 is 0.820 bits per heavy atom. The maximum absolute atomic E-state index is 12.0. The lowest BCUT2D eigenvalue weighted by Crippen LogP contribution is -2.27. The Morgan fingerprint density at radius 2 is 0.600 bits per heavy atom. The van der Waals surface area contributed by atoms with E-state index in [9.17, 15) is 30.0 Å². The molecule has 0 radical (unpaired) electrons. The van der Waals surface area contributed by atoms with Gasteiger partial charge in [0, 0.05) is 26.2 Å². The third kappa shape index (κ3) is 14.3. The van der Waals surface area contributed by atoms with Gasteiger partial charge >= 0.3 is 0 Å². The SMILES string of the molecule is C1COCCOCCNCCOCCOCCN1.O=C(c1ccccc1O)c1ccccc1O.O=C(c1ccccc1O)c1ccccc1O. The summed E-state index contributed by atoms with van der Waals surface area (Å²) in [5.41, 5.74) is 0.737. The van der Waals surface area contributed by atoms with Gasteiger partial charge in [0.1, 0.15) is 23.0 Å². The van der Waals surface area contributed by atoms with E-state index in [4.69, 9.17) is 18.9 Å². The van der Waals surface area contributed by atoms with Crippen molar-refractivity contribution in [1.82, 2.24) is 10.6 Å². The van der Waals surface area contributed by atoms with Crippen LogP contribution in [0, 0.1) is 0 Å². The summed E-state index contributed by atoms with van der Waals surface area (Å²) in [5.74, 6) is -1.13. The molecule has 0 unspecified atom stereocenters. The number of ketones is 2. The molecule has 1 heterocycles. The smallest absolute Gasteiger partial charge is 0.200 e. The lowest BCUT2D eigenvalue weighted by molar-refractivity contribution is 0.0383. The number of ether oxygens (including phenoxy) is 4. The molecule has 50 heavy (non-hydrogen) atoms. The fourth-order valence-corrected chi connectivity index (χ4v) is 4.42. The standard InChI is InChI=1S/2C13H10O3.C12H26N2O4/c2*14-11-7-3-1-5-9(11)13(16)10-6-2-4-8-12(10)15;1-5-15-9-10-17-7-3-14-4-8-18-12-11-16-6-2-13-1/h2*1-8,14-15H;13-14H,1-12H2. The Labute approximate surface area is 292 Å². The van der Waals surface area contributed by atoms with Gasteiger partial charge in [-0.05, 0) is 48.5 Å². The average molecular weight is 691 g/mol. The van der Waals surface area contributed by atoms with E-state index >= 15 is 0 Å². The van der Waals surface area contributed by atoms with E-state index in [0.717, 1.165) is 26.2 Å². The van der Waals surface area contributed by atoms with Gasteiger partial charge in [-0.25, -0.2) is 0 Å². The van der Waals surface area contributed by atoms with Crippen LogP contribution in [0.4, 0.5) is 0 Å². The molecule has 1 aliphatic heterocycles. The van der Waals surface area contributed by atoms with Crippen LogP contribution in [0.5, 0.6) is 23.0 Å². The average Bonchev–Trinajstić information content (AvgIpc) is 3.12. The molecule has 0 aliphatic carbocycles. The number of hydrogen-bond donors (Lipinski definition) is 6. The number of phenols is 4. The quantitative estimate of drug-likeness (QED) is 0.171. The van der Waals surface area contributed by atoms with Crippen molar-refractivity contribution >= 4 is 11.6 Å². The molecule has 0 spiro atoms. The first-order chi connectivity index (χ1) is 24.4. The van der Waals surface area contributed by atoms with Crippen LogP contribution in [0.1, 0.15) is 31.8 Å². The summed E-state index contributed by atoms with van der Waals surface area (Å²) in [5, 5.41) is 44.6. The minimum atomic E-state index is -0.392. The number of phenolic OH excluding ortho intramolecular Hbond substituents is 4. The number of rotatable bonds is 4. The molecule has 0 aromatic heterocycles. The van der Waals surface area contributed by atoms with Crippen molar-refractivity contribution in [1.29, 1.82) is 0 Å². The summed E-state index contributed by atoms with van der Waals surface area (Å²) < 4.78 is 21.6. The van der Waals surface area contributed by atoms with E-state index < -0.39 is 11.6 Å². The molecule has 5 rings (SSSR count). The monoisotopic (exact) mass is 690 g/mol. The maximum atomic E-state index is 12.0. The van der Waals surface area contributed by atoms with Crippen LogP contribution in [-0.4, -0.2) is 111 Å². The predicted molar refractivity (Wildman–Crippen MR) is 188 cm³/mol. The fraction of sp³-hybridized carbons (Fsp3) is 0.316. The number of hydrogen-bond acceptors (Lipinski definition) is 12. The highest BCUT2D eigenvalue weighted by Crippen LogP contribution is 2.25. The minimum Gasteiger partial charge on any atom is -0.507 e. The number of carbonyl (C=O) groups excluding carboxylic acids is 2. The lowest BCUT2D eigenvalue weighted by Gasteiger charge is -2.10. The summed E-state index contributed by atoms with van der Waals surface area (Å²) in [6, 6.07) is 25.0. The first kappa shape index (κ1) is 39.6. The third-order valence-corrected chi connectivity index (χ3v) is 7.03. The van der Waals surface area contributed by atoms with E-state index in [1.54, 1.807) is 48.5 Å². The van der Waals surface area contributed by atoms with Crippen LogP contribution >= 0.6 is 0 Å². The van der Waals surface area contributed by atoms with Gasteiger partial charge in [-0.2, -0.15) is 0 Å². The number of aromatic hydroxyl groups is 4. The Kier molecular flexibility index (Phi) is 18.6. The summed E-state index contributed by atoms with van der Waals surface area (Å²) in [7, 11) is 0. The second-order valence-corrected chi connectivity index (χ2v) is 10.7. The minimum absolute atomic E-state index is 0.0873. The van der Waals surface area contributed by atoms with Crippen LogP contribution < -0.4 is 10.6 Å². The van der Waals surface area contributed by atoms with Gasteiger partial charge in [-0.15, -0.1) is 0 Å².